The highest BCUT2D eigenvalue weighted by atomic mass is 19.4. The first kappa shape index (κ1) is 22.5. The summed E-state index contributed by atoms with van der Waals surface area (Å²) in [6, 6.07) is 8.52. The van der Waals surface area contributed by atoms with Gasteiger partial charge in [-0.05, 0) is 55.8 Å². The van der Waals surface area contributed by atoms with Gasteiger partial charge in [-0.3, -0.25) is 9.69 Å². The molecule has 0 spiro atoms. The van der Waals surface area contributed by atoms with Crippen molar-refractivity contribution in [2.45, 2.75) is 20.0 Å². The summed E-state index contributed by atoms with van der Waals surface area (Å²) in [6.07, 6.45) is -4.99. The van der Waals surface area contributed by atoms with E-state index in [2.05, 4.69) is 4.98 Å². The summed E-state index contributed by atoms with van der Waals surface area (Å²) >= 11 is 0. The van der Waals surface area contributed by atoms with Crippen LogP contribution >= 0.6 is 0 Å². The summed E-state index contributed by atoms with van der Waals surface area (Å²) in [5.74, 6) is -2.84. The summed E-state index contributed by atoms with van der Waals surface area (Å²) in [7, 11) is 1.41. The smallest absolute Gasteiger partial charge is 0.419 e. The van der Waals surface area contributed by atoms with Crippen molar-refractivity contribution in [3.8, 4) is 5.88 Å². The number of fused-ring (bicyclic) bond motifs is 1. The molecule has 2 heterocycles. The first-order valence-electron chi connectivity index (χ1n) is 9.79. The molecular weight excluding hydrogens is 445 g/mol. The number of aromatic nitrogens is 1. The Kier molecular flexibility index (Phi) is 5.47. The lowest BCUT2D eigenvalue weighted by Crippen LogP contribution is -2.46. The Morgan fingerprint density at radius 2 is 1.61 bits per heavy atom. The van der Waals surface area contributed by atoms with Crippen LogP contribution in [0.1, 0.15) is 27.2 Å². The van der Waals surface area contributed by atoms with Gasteiger partial charge < -0.3 is 9.64 Å². The summed E-state index contributed by atoms with van der Waals surface area (Å²) in [6.45, 7) is 3.05. The SMILES string of the molecule is COc1ccc(N2CN(c3ccc(F)cc3C)c3ccc(C(F)(F)F)c(F)c3C2=O)c(C)n1. The fourth-order valence-corrected chi connectivity index (χ4v) is 3.87. The molecule has 0 fully saturated rings. The number of rotatable bonds is 3. The number of carbonyl (C=O) groups is 1. The number of nitrogens with zero attached hydrogens (tertiary/aromatic N) is 3. The van der Waals surface area contributed by atoms with Crippen molar-refractivity contribution in [2.75, 3.05) is 23.6 Å². The van der Waals surface area contributed by atoms with Gasteiger partial charge in [0, 0.05) is 11.8 Å². The normalized spacial score (nSPS) is 13.9. The first-order chi connectivity index (χ1) is 15.5. The molecule has 1 amide bonds. The van der Waals surface area contributed by atoms with E-state index in [0.717, 1.165) is 11.0 Å². The van der Waals surface area contributed by atoms with E-state index in [0.29, 0.717) is 23.0 Å². The number of aryl methyl sites for hydroxylation is 2. The zero-order valence-electron chi connectivity index (χ0n) is 17.8. The highest BCUT2D eigenvalue weighted by molar-refractivity contribution is 6.13. The van der Waals surface area contributed by atoms with Gasteiger partial charge in [-0.1, -0.05) is 0 Å². The number of carbonyl (C=O) groups excluding carboxylic acids is 1. The van der Waals surface area contributed by atoms with E-state index in [1.54, 1.807) is 13.8 Å². The summed E-state index contributed by atoms with van der Waals surface area (Å²) in [5.41, 5.74) is -0.821. The van der Waals surface area contributed by atoms with Crippen LogP contribution in [0.25, 0.3) is 0 Å². The highest BCUT2D eigenvalue weighted by Gasteiger charge is 2.41. The van der Waals surface area contributed by atoms with Gasteiger partial charge in [0.15, 0.2) is 0 Å². The molecule has 33 heavy (non-hydrogen) atoms. The molecular formula is C23H18F5N3O2. The second-order valence-corrected chi connectivity index (χ2v) is 7.51. The molecule has 1 aromatic heterocycles. The number of benzene rings is 2. The van der Waals surface area contributed by atoms with Crippen LogP contribution in [-0.2, 0) is 6.18 Å². The first-order valence-corrected chi connectivity index (χ1v) is 9.79. The summed E-state index contributed by atoms with van der Waals surface area (Å²) in [4.78, 5) is 20.1. The van der Waals surface area contributed by atoms with Crippen LogP contribution in [0.3, 0.4) is 0 Å². The molecule has 172 valence electrons. The lowest BCUT2D eigenvalue weighted by atomic mass is 10.0. The number of methoxy groups -OCH3 is 1. The molecule has 0 aliphatic carbocycles. The van der Waals surface area contributed by atoms with Crippen LogP contribution in [0.15, 0.2) is 42.5 Å². The highest BCUT2D eigenvalue weighted by Crippen LogP contribution is 2.42. The van der Waals surface area contributed by atoms with Crippen LogP contribution in [0.4, 0.5) is 39.0 Å². The number of ether oxygens (including phenoxy) is 1. The molecule has 0 saturated heterocycles. The third kappa shape index (κ3) is 3.85. The average Bonchev–Trinajstić information content (AvgIpc) is 2.74. The van der Waals surface area contributed by atoms with Crippen molar-refractivity contribution in [1.82, 2.24) is 4.98 Å². The second-order valence-electron chi connectivity index (χ2n) is 7.51. The molecule has 0 atom stereocenters. The Morgan fingerprint density at radius 1 is 0.939 bits per heavy atom. The van der Waals surface area contributed by atoms with E-state index >= 15 is 4.39 Å². The molecule has 3 aromatic rings. The number of halogens is 5. The maximum absolute atomic E-state index is 15.2. The lowest BCUT2D eigenvalue weighted by Gasteiger charge is -2.39. The van der Waals surface area contributed by atoms with E-state index in [1.165, 1.54) is 42.3 Å². The Labute approximate surface area is 186 Å². The molecule has 0 unspecified atom stereocenters. The van der Waals surface area contributed by atoms with Gasteiger partial charge in [0.25, 0.3) is 5.91 Å². The predicted molar refractivity (Wildman–Crippen MR) is 112 cm³/mol. The maximum Gasteiger partial charge on any atom is 0.419 e. The third-order valence-electron chi connectivity index (χ3n) is 5.44. The van der Waals surface area contributed by atoms with Gasteiger partial charge in [0.2, 0.25) is 5.88 Å². The topological polar surface area (TPSA) is 45.7 Å². The molecule has 0 bridgehead atoms. The average molecular weight is 463 g/mol. The van der Waals surface area contributed by atoms with E-state index in [-0.39, 0.29) is 23.9 Å². The third-order valence-corrected chi connectivity index (χ3v) is 5.44. The van der Waals surface area contributed by atoms with Gasteiger partial charge in [0.1, 0.15) is 23.9 Å². The number of hydrogen-bond donors (Lipinski definition) is 0. The fraction of sp³-hybridized carbons (Fsp3) is 0.217. The number of amides is 1. The van der Waals surface area contributed by atoms with Crippen molar-refractivity contribution >= 4 is 23.0 Å². The fourth-order valence-electron chi connectivity index (χ4n) is 3.87. The molecule has 4 rings (SSSR count). The molecule has 0 radical (unpaired) electrons. The molecule has 5 nitrogen and oxygen atoms in total. The van der Waals surface area contributed by atoms with E-state index < -0.39 is 34.8 Å². The number of anilines is 3. The molecule has 10 heteroatoms. The second kappa shape index (κ2) is 8.02. The van der Waals surface area contributed by atoms with Crippen molar-refractivity contribution in [1.29, 1.82) is 0 Å². The van der Waals surface area contributed by atoms with Gasteiger partial charge in [-0.25, -0.2) is 13.8 Å². The zero-order chi connectivity index (χ0) is 24.1. The van der Waals surface area contributed by atoms with E-state index in [1.807, 2.05) is 0 Å². The molecule has 2 aromatic carbocycles. The Bertz CT molecular complexity index is 1260. The number of pyridine rings is 1. The predicted octanol–water partition coefficient (Wildman–Crippen LogP) is 5.76. The Morgan fingerprint density at radius 3 is 2.21 bits per heavy atom. The number of hydrogen-bond acceptors (Lipinski definition) is 4. The molecule has 1 aliphatic heterocycles. The van der Waals surface area contributed by atoms with Crippen LogP contribution in [-0.4, -0.2) is 24.7 Å². The Hall–Kier alpha value is -3.69. The van der Waals surface area contributed by atoms with Crippen LogP contribution in [0.5, 0.6) is 5.88 Å². The van der Waals surface area contributed by atoms with Gasteiger partial charge in [-0.2, -0.15) is 13.2 Å². The van der Waals surface area contributed by atoms with Crippen LogP contribution in [0, 0.1) is 25.5 Å². The van der Waals surface area contributed by atoms with Gasteiger partial charge in [-0.15, -0.1) is 0 Å². The largest absolute Gasteiger partial charge is 0.481 e. The van der Waals surface area contributed by atoms with Crippen LogP contribution in [0.2, 0.25) is 0 Å². The van der Waals surface area contributed by atoms with Crippen molar-refractivity contribution < 1.29 is 31.5 Å². The van der Waals surface area contributed by atoms with Crippen molar-refractivity contribution in [2.24, 2.45) is 0 Å². The summed E-state index contributed by atoms with van der Waals surface area (Å²) < 4.78 is 74.1. The minimum Gasteiger partial charge on any atom is -0.481 e. The monoisotopic (exact) mass is 463 g/mol. The lowest BCUT2D eigenvalue weighted by molar-refractivity contribution is -0.140. The quantitative estimate of drug-likeness (QED) is 0.464. The molecule has 1 aliphatic rings. The van der Waals surface area contributed by atoms with E-state index in [4.69, 9.17) is 4.74 Å². The van der Waals surface area contributed by atoms with Crippen molar-refractivity contribution in [3.05, 3.63) is 76.5 Å². The minimum atomic E-state index is -4.99. The summed E-state index contributed by atoms with van der Waals surface area (Å²) in [5, 5.41) is 0. The van der Waals surface area contributed by atoms with Gasteiger partial charge >= 0.3 is 6.18 Å². The number of alkyl halides is 3. The molecule has 0 saturated carbocycles. The van der Waals surface area contributed by atoms with Crippen LogP contribution < -0.4 is 14.5 Å². The minimum absolute atomic E-state index is 0.0458. The maximum atomic E-state index is 15.2. The van der Waals surface area contributed by atoms with Gasteiger partial charge in [0.05, 0.1) is 29.7 Å². The van der Waals surface area contributed by atoms with E-state index in [9.17, 15) is 22.4 Å². The standard InChI is InChI=1S/C23H18F5N3O2/c1-12-10-14(24)4-6-16(12)30-11-31(17-8-9-19(33-3)29-13(17)2)22(32)20-18(30)7-5-15(21(20)25)23(26,27)28/h4-10H,11H2,1-3H3. The Balaban J connectivity index is 1.95. The molecule has 0 N–H and O–H groups in total. The van der Waals surface area contributed by atoms with Crippen molar-refractivity contribution in [3.63, 3.8) is 0 Å². The zero-order valence-corrected chi connectivity index (χ0v) is 17.8.